The van der Waals surface area contributed by atoms with Crippen LogP contribution < -0.4 is 0 Å². The summed E-state index contributed by atoms with van der Waals surface area (Å²) in [6, 6.07) is 0. The molecule has 0 spiro atoms. The zero-order valence-corrected chi connectivity index (χ0v) is 15.3. The molecular formula is C12H26BrO4PS. The number of unbranched alkanes of at least 4 members (excludes halogenated alkanes) is 3. The van der Waals surface area contributed by atoms with Gasteiger partial charge in [-0.3, -0.25) is 4.79 Å². The Kier molecular flexibility index (Phi) is 29.7. The molecule has 0 saturated heterocycles. The van der Waals surface area contributed by atoms with Crippen molar-refractivity contribution in [1.82, 2.24) is 0 Å². The van der Waals surface area contributed by atoms with E-state index in [9.17, 15) is 4.79 Å². The highest BCUT2D eigenvalue weighted by atomic mass is 79.9. The highest BCUT2D eigenvalue weighted by Gasteiger charge is 2.03. The summed E-state index contributed by atoms with van der Waals surface area (Å²) >= 11 is 2.59. The minimum Gasteiger partial charge on any atom is -0.481 e. The lowest BCUT2D eigenvalue weighted by molar-refractivity contribution is -0.137. The van der Waals surface area contributed by atoms with Crippen LogP contribution in [0.25, 0.3) is 0 Å². The highest BCUT2D eigenvalue weighted by Crippen LogP contribution is 2.10. The maximum atomic E-state index is 10.00. The quantitative estimate of drug-likeness (QED) is 0.397. The average molecular weight is 377 g/mol. The van der Waals surface area contributed by atoms with Crippen molar-refractivity contribution in [1.29, 1.82) is 0 Å². The summed E-state index contributed by atoms with van der Waals surface area (Å²) in [6.07, 6.45) is 8.83. The van der Waals surface area contributed by atoms with E-state index in [-0.39, 0.29) is 6.42 Å². The number of carbonyl (C=O) groups is 1. The van der Waals surface area contributed by atoms with E-state index in [1.807, 2.05) is 6.92 Å². The molecule has 0 bridgehead atoms. The first-order valence-electron chi connectivity index (χ1n) is 6.47. The van der Waals surface area contributed by atoms with Gasteiger partial charge in [-0.05, 0) is 25.4 Å². The Balaban J connectivity index is -0.000000228. The summed E-state index contributed by atoms with van der Waals surface area (Å²) in [7, 11) is 2.75. The first kappa shape index (κ1) is 24.2. The van der Waals surface area contributed by atoms with Crippen molar-refractivity contribution >= 4 is 42.7 Å². The number of carboxylic acid groups (broad SMARTS) is 1. The lowest BCUT2D eigenvalue weighted by Crippen LogP contribution is -2.01. The number of halogens is 1. The number of carboxylic acids is 1. The minimum atomic E-state index is -0.750. The Morgan fingerprint density at radius 3 is 2.11 bits per heavy atom. The summed E-state index contributed by atoms with van der Waals surface area (Å²) in [5.74, 6) is -0.715. The molecule has 0 saturated carbocycles. The van der Waals surface area contributed by atoms with Crippen LogP contribution in [0.5, 0.6) is 0 Å². The van der Waals surface area contributed by atoms with Gasteiger partial charge in [-0.25, -0.2) is 0 Å². The fourth-order valence-electron chi connectivity index (χ4n) is 1.06. The van der Waals surface area contributed by atoms with Crippen molar-refractivity contribution in [3.05, 3.63) is 0 Å². The van der Waals surface area contributed by atoms with Crippen LogP contribution in [0.3, 0.4) is 0 Å². The van der Waals surface area contributed by atoms with Crippen LogP contribution in [0.15, 0.2) is 0 Å². The molecule has 0 aromatic heterocycles. The topological polar surface area (TPSA) is 71.4 Å². The van der Waals surface area contributed by atoms with Gasteiger partial charge in [-0.15, -0.1) is 9.24 Å². The Labute approximate surface area is 131 Å². The van der Waals surface area contributed by atoms with Gasteiger partial charge >= 0.3 is 17.5 Å². The van der Waals surface area contributed by atoms with Gasteiger partial charge in [-0.2, -0.15) is 8.42 Å². The zero-order valence-electron chi connectivity index (χ0n) is 11.8. The van der Waals surface area contributed by atoms with Gasteiger partial charge in [0, 0.05) is 11.2 Å². The Morgan fingerprint density at radius 1 is 1.26 bits per heavy atom. The number of alkyl halides is 1. The molecular weight excluding hydrogens is 351 g/mol. The number of rotatable bonds is 8. The molecule has 0 aliphatic carbocycles. The van der Waals surface area contributed by atoms with E-state index in [2.05, 4.69) is 32.1 Å². The Bertz CT molecular complexity index is 220. The van der Waals surface area contributed by atoms with E-state index in [1.54, 1.807) is 0 Å². The normalized spacial score (nSPS) is 10.3. The average Bonchev–Trinajstić information content (AvgIpc) is 2.38. The molecule has 1 N–H and O–H groups in total. The lowest BCUT2D eigenvalue weighted by Gasteiger charge is -2.01. The van der Waals surface area contributed by atoms with Crippen LogP contribution >= 0.6 is 25.2 Å². The molecule has 4 nitrogen and oxygen atoms in total. The molecule has 0 aliphatic rings. The Morgan fingerprint density at radius 2 is 1.79 bits per heavy atom. The molecule has 0 rings (SSSR count). The van der Waals surface area contributed by atoms with E-state index < -0.39 is 17.5 Å². The molecule has 0 fully saturated rings. The van der Waals surface area contributed by atoms with Gasteiger partial charge in [0.25, 0.3) is 0 Å². The zero-order chi connectivity index (χ0) is 15.5. The Hall–Kier alpha value is 0.200. The first-order valence-corrected chi connectivity index (χ1v) is 8.87. The minimum absolute atomic E-state index is 0.268. The fraction of sp³-hybridized carbons (Fsp3) is 0.917. The van der Waals surface area contributed by atoms with E-state index in [0.29, 0.717) is 4.83 Å². The second kappa shape index (κ2) is 23.3. The van der Waals surface area contributed by atoms with E-state index in [0.717, 1.165) is 12.8 Å². The molecule has 7 heteroatoms. The fourth-order valence-corrected chi connectivity index (χ4v) is 1.57. The summed E-state index contributed by atoms with van der Waals surface area (Å²) in [5, 5.41) is 8.24. The van der Waals surface area contributed by atoms with Crippen molar-refractivity contribution in [3.63, 3.8) is 0 Å². The molecule has 0 aromatic rings. The molecule has 116 valence electrons. The summed E-state index contributed by atoms with van der Waals surface area (Å²) in [5.41, 5.74) is 0. The number of hydrogen-bond donors (Lipinski definition) is 1. The summed E-state index contributed by atoms with van der Waals surface area (Å²) < 4.78 is 16.6. The predicted molar refractivity (Wildman–Crippen MR) is 87.5 cm³/mol. The molecule has 0 aromatic carbocycles. The highest BCUT2D eigenvalue weighted by molar-refractivity contribution is 9.09. The third-order valence-corrected chi connectivity index (χ3v) is 3.69. The van der Waals surface area contributed by atoms with Crippen LogP contribution in [0, 0.1) is 0 Å². The second-order valence-corrected chi connectivity index (χ2v) is 5.86. The summed E-state index contributed by atoms with van der Waals surface area (Å²) in [6.45, 7) is 4.27. The molecule has 0 aliphatic heterocycles. The van der Waals surface area contributed by atoms with Crippen molar-refractivity contribution < 1.29 is 18.3 Å². The van der Waals surface area contributed by atoms with Crippen LogP contribution in [0.1, 0.15) is 58.8 Å². The monoisotopic (exact) mass is 376 g/mol. The van der Waals surface area contributed by atoms with Crippen molar-refractivity contribution in [2.45, 2.75) is 63.6 Å². The molecule has 0 radical (unpaired) electrons. The molecule has 2 unspecified atom stereocenters. The van der Waals surface area contributed by atoms with Crippen molar-refractivity contribution in [2.75, 3.05) is 6.16 Å². The van der Waals surface area contributed by atoms with Gasteiger partial charge in [-0.1, -0.05) is 49.0 Å². The molecule has 0 amide bonds. The second-order valence-electron chi connectivity index (χ2n) is 3.86. The lowest BCUT2D eigenvalue weighted by atomic mass is 10.2. The number of aliphatic carboxylic acids is 1. The van der Waals surface area contributed by atoms with Crippen LogP contribution in [-0.2, 0) is 16.4 Å². The first-order chi connectivity index (χ1) is 8.99. The van der Waals surface area contributed by atoms with Crippen molar-refractivity contribution in [2.24, 2.45) is 0 Å². The van der Waals surface area contributed by atoms with E-state index in [1.165, 1.54) is 31.8 Å². The number of hydrogen-bond acceptors (Lipinski definition) is 3. The van der Waals surface area contributed by atoms with Crippen LogP contribution in [0.2, 0.25) is 0 Å². The maximum Gasteiger partial charge on any atom is 0.335 e. The van der Waals surface area contributed by atoms with Crippen LogP contribution in [-0.4, -0.2) is 30.5 Å². The van der Waals surface area contributed by atoms with Crippen LogP contribution in [0.4, 0.5) is 0 Å². The third kappa shape index (κ3) is 38.1. The van der Waals surface area contributed by atoms with E-state index >= 15 is 0 Å². The van der Waals surface area contributed by atoms with Gasteiger partial charge in [0.2, 0.25) is 0 Å². The molecule has 2 atom stereocenters. The smallest absolute Gasteiger partial charge is 0.335 e. The predicted octanol–water partition coefficient (Wildman–Crippen LogP) is 3.80. The maximum absolute atomic E-state index is 10.00. The third-order valence-electron chi connectivity index (χ3n) is 2.17. The van der Waals surface area contributed by atoms with Crippen molar-refractivity contribution in [3.8, 4) is 0 Å². The van der Waals surface area contributed by atoms with Gasteiger partial charge < -0.3 is 5.11 Å². The molecule has 0 heterocycles. The largest absolute Gasteiger partial charge is 0.481 e. The SMILES string of the molecule is CCC(Br)CCC(=O)O.CCCCCCP.O=S=O. The summed E-state index contributed by atoms with van der Waals surface area (Å²) in [4.78, 5) is 10.4. The van der Waals surface area contributed by atoms with Gasteiger partial charge in [0.1, 0.15) is 0 Å². The van der Waals surface area contributed by atoms with Gasteiger partial charge in [0.05, 0.1) is 0 Å². The van der Waals surface area contributed by atoms with Gasteiger partial charge in [0.15, 0.2) is 0 Å². The standard InChI is InChI=1S/C6H11BrO2.C6H15P.O2S/c1-2-5(7)3-4-6(8)9;1-2-3-4-5-6-7;1-3-2/h5H,2-4H2,1H3,(H,8,9);2-7H2,1H3;. The van der Waals surface area contributed by atoms with E-state index in [4.69, 9.17) is 13.5 Å². The molecule has 19 heavy (non-hydrogen) atoms.